The summed E-state index contributed by atoms with van der Waals surface area (Å²) in [5, 5.41) is 31.1. The summed E-state index contributed by atoms with van der Waals surface area (Å²) < 4.78 is 0. The van der Waals surface area contributed by atoms with Crippen LogP contribution in [0.4, 0.5) is 0 Å². The highest BCUT2D eigenvalue weighted by molar-refractivity contribution is 5.77. The minimum Gasteiger partial charge on any atom is -0.480 e. The van der Waals surface area contributed by atoms with Crippen molar-refractivity contribution in [3.05, 3.63) is 0 Å². The van der Waals surface area contributed by atoms with Gasteiger partial charge in [-0.3, -0.25) is 43.6 Å². The molecule has 15 nitrogen and oxygen atoms in total. The van der Waals surface area contributed by atoms with E-state index in [1.165, 1.54) is 0 Å². The molecule has 0 aromatic rings. The summed E-state index contributed by atoms with van der Waals surface area (Å²) in [6, 6.07) is -0.834. The number of carboxylic acid groups (broad SMARTS) is 3. The van der Waals surface area contributed by atoms with E-state index >= 15 is 0 Å². The lowest BCUT2D eigenvalue weighted by atomic mass is 10.1. The number of aliphatic carboxylic acids is 3. The van der Waals surface area contributed by atoms with E-state index in [1.54, 1.807) is 14.7 Å². The molecule has 0 aliphatic carbocycles. The maximum Gasteiger partial charge on any atom is 0.320 e. The van der Waals surface area contributed by atoms with Gasteiger partial charge in [-0.05, 0) is 19.3 Å². The summed E-state index contributed by atoms with van der Waals surface area (Å²) in [6.45, 7) is 2.41. The van der Waals surface area contributed by atoms with Gasteiger partial charge in [0.05, 0.1) is 19.6 Å². The van der Waals surface area contributed by atoms with Gasteiger partial charge in [0.25, 0.3) is 0 Å². The summed E-state index contributed by atoms with van der Waals surface area (Å²) in [5.74, 6) is 1.45. The quantitative estimate of drug-likeness (QED) is 0.0821. The van der Waals surface area contributed by atoms with Gasteiger partial charge < -0.3 is 25.4 Å². The van der Waals surface area contributed by atoms with Gasteiger partial charge >= 0.3 is 17.9 Å². The Morgan fingerprint density at radius 3 is 1.84 bits per heavy atom. The molecule has 1 fully saturated rings. The van der Waals surface area contributed by atoms with Gasteiger partial charge in [0.15, 0.2) is 0 Å². The molecule has 1 atom stereocenters. The number of nitrogens with zero attached hydrogens (tertiary/aromatic N) is 4. The molecule has 37 heavy (non-hydrogen) atoms. The first-order valence-corrected chi connectivity index (χ1v) is 12.3. The van der Waals surface area contributed by atoms with Crippen molar-refractivity contribution in [1.82, 2.24) is 24.9 Å². The van der Waals surface area contributed by atoms with Crippen LogP contribution < -0.4 is 11.2 Å². The maximum absolute atomic E-state index is 12.2. The molecule has 0 radical (unpaired) electrons. The lowest BCUT2D eigenvalue weighted by molar-refractivity contribution is -0.144. The standard InChI is InChI=1S/C22H40N6O9/c23-37-17-19(30)24-4-2-1-3-18(22(35)36)28-11-9-25(13-14-29)5-6-26(15-20(31)32)7-8-27(10-12-28)16-21(33)34/h14,18H,1-13,15-17,23H2,(H,24,30)(H,31,32)(H,33,34)(H,35,36). The molecular weight excluding hydrogens is 492 g/mol. The number of unbranched alkanes of at least 4 members (excludes halogenated alkanes) is 1. The van der Waals surface area contributed by atoms with Crippen LogP contribution in [-0.2, 0) is 28.8 Å². The van der Waals surface area contributed by atoms with Crippen molar-refractivity contribution in [2.45, 2.75) is 25.3 Å². The Hall–Kier alpha value is -2.69. The minimum absolute atomic E-state index is 0.129. The molecule has 1 heterocycles. The fourth-order valence-electron chi connectivity index (χ4n) is 4.13. The predicted octanol–water partition coefficient (Wildman–Crippen LogP) is -2.79. The Kier molecular flexibility index (Phi) is 16.2. The number of nitrogens with one attached hydrogen (secondary N) is 1. The Bertz CT molecular complexity index is 741. The van der Waals surface area contributed by atoms with Gasteiger partial charge in [-0.15, -0.1) is 0 Å². The SMILES string of the molecule is NOCC(=O)NCCCCC(C(=O)O)N1CCN(CC=O)CCN(CC(=O)O)CCN(CC(=O)O)CC1. The highest BCUT2D eigenvalue weighted by Gasteiger charge is 2.27. The van der Waals surface area contributed by atoms with Crippen LogP contribution >= 0.6 is 0 Å². The molecule has 0 bridgehead atoms. The Balaban J connectivity index is 2.92. The zero-order valence-electron chi connectivity index (χ0n) is 21.1. The molecule has 1 unspecified atom stereocenters. The molecule has 1 amide bonds. The van der Waals surface area contributed by atoms with Crippen LogP contribution in [0.2, 0.25) is 0 Å². The second kappa shape index (κ2) is 18.5. The van der Waals surface area contributed by atoms with Crippen LogP contribution in [-0.4, -0.2) is 156 Å². The van der Waals surface area contributed by atoms with E-state index in [2.05, 4.69) is 10.2 Å². The lowest BCUT2D eigenvalue weighted by Crippen LogP contribution is -2.51. The molecule has 6 N–H and O–H groups in total. The van der Waals surface area contributed by atoms with Gasteiger partial charge in [-0.25, -0.2) is 5.90 Å². The smallest absolute Gasteiger partial charge is 0.320 e. The maximum atomic E-state index is 12.2. The fourth-order valence-corrected chi connectivity index (χ4v) is 4.13. The monoisotopic (exact) mass is 532 g/mol. The topological polar surface area (TPSA) is 206 Å². The number of carbonyl (C=O) groups excluding carboxylic acids is 2. The molecule has 1 saturated heterocycles. The normalized spacial score (nSPS) is 18.3. The van der Waals surface area contributed by atoms with E-state index in [-0.39, 0.29) is 45.2 Å². The minimum atomic E-state index is -1.03. The van der Waals surface area contributed by atoms with Crippen molar-refractivity contribution in [1.29, 1.82) is 0 Å². The molecular formula is C22H40N6O9. The number of hydrogen-bond acceptors (Lipinski definition) is 11. The van der Waals surface area contributed by atoms with Crippen LogP contribution in [0.1, 0.15) is 19.3 Å². The van der Waals surface area contributed by atoms with Crippen molar-refractivity contribution >= 4 is 30.1 Å². The van der Waals surface area contributed by atoms with Crippen molar-refractivity contribution in [2.24, 2.45) is 5.90 Å². The third-order valence-electron chi connectivity index (χ3n) is 6.09. The number of rotatable bonds is 15. The number of amides is 1. The average molecular weight is 533 g/mol. The Morgan fingerprint density at radius 2 is 1.35 bits per heavy atom. The molecule has 0 spiro atoms. The van der Waals surface area contributed by atoms with Crippen molar-refractivity contribution in [2.75, 3.05) is 85.1 Å². The number of aldehydes is 1. The van der Waals surface area contributed by atoms with Crippen molar-refractivity contribution < 1.29 is 44.1 Å². The van der Waals surface area contributed by atoms with E-state index in [0.29, 0.717) is 65.1 Å². The first-order chi connectivity index (χ1) is 17.7. The fraction of sp³-hybridized carbons (Fsp3) is 0.773. The second-order valence-corrected chi connectivity index (χ2v) is 8.85. The molecule has 212 valence electrons. The Labute approximate surface area is 216 Å². The molecule has 1 aliphatic heterocycles. The van der Waals surface area contributed by atoms with Gasteiger partial charge in [0.2, 0.25) is 5.91 Å². The highest BCUT2D eigenvalue weighted by atomic mass is 16.6. The summed E-state index contributed by atoms with van der Waals surface area (Å²) in [4.78, 5) is 68.7. The Morgan fingerprint density at radius 1 is 0.838 bits per heavy atom. The van der Waals surface area contributed by atoms with Crippen molar-refractivity contribution in [3.63, 3.8) is 0 Å². The van der Waals surface area contributed by atoms with Gasteiger partial charge in [-0.1, -0.05) is 0 Å². The molecule has 0 aromatic carbocycles. The van der Waals surface area contributed by atoms with Crippen molar-refractivity contribution in [3.8, 4) is 0 Å². The largest absolute Gasteiger partial charge is 0.480 e. The predicted molar refractivity (Wildman–Crippen MR) is 131 cm³/mol. The van der Waals surface area contributed by atoms with Crippen LogP contribution in [0.25, 0.3) is 0 Å². The van der Waals surface area contributed by atoms with E-state index < -0.39 is 23.9 Å². The summed E-state index contributed by atoms with van der Waals surface area (Å²) in [7, 11) is 0. The van der Waals surface area contributed by atoms with E-state index in [4.69, 9.17) is 5.90 Å². The highest BCUT2D eigenvalue weighted by Crippen LogP contribution is 2.11. The lowest BCUT2D eigenvalue weighted by Gasteiger charge is -2.35. The van der Waals surface area contributed by atoms with Crippen LogP contribution in [0, 0.1) is 0 Å². The molecule has 1 aliphatic rings. The average Bonchev–Trinajstić information content (AvgIpc) is 2.81. The molecule has 1 rings (SSSR count). The van der Waals surface area contributed by atoms with Crippen LogP contribution in [0.5, 0.6) is 0 Å². The molecule has 15 heteroatoms. The van der Waals surface area contributed by atoms with Gasteiger partial charge in [0.1, 0.15) is 18.9 Å². The summed E-state index contributed by atoms with van der Waals surface area (Å²) in [5.41, 5.74) is 0. The first kappa shape index (κ1) is 32.3. The molecule has 0 aromatic heterocycles. The number of hydrogen-bond donors (Lipinski definition) is 5. The first-order valence-electron chi connectivity index (χ1n) is 12.3. The van der Waals surface area contributed by atoms with E-state index in [0.717, 1.165) is 6.29 Å². The van der Waals surface area contributed by atoms with Crippen LogP contribution in [0.15, 0.2) is 0 Å². The number of carboxylic acids is 3. The number of nitrogens with two attached hydrogens (primary N) is 1. The van der Waals surface area contributed by atoms with Gasteiger partial charge in [0, 0.05) is 58.9 Å². The van der Waals surface area contributed by atoms with Crippen LogP contribution in [0.3, 0.4) is 0 Å². The zero-order chi connectivity index (χ0) is 27.6. The summed E-state index contributed by atoms with van der Waals surface area (Å²) >= 11 is 0. The number of carbonyl (C=O) groups is 5. The summed E-state index contributed by atoms with van der Waals surface area (Å²) in [6.07, 6.45) is 2.15. The zero-order valence-corrected chi connectivity index (χ0v) is 21.1. The van der Waals surface area contributed by atoms with Gasteiger partial charge in [-0.2, -0.15) is 0 Å². The molecule has 0 saturated carbocycles. The van der Waals surface area contributed by atoms with E-state index in [9.17, 15) is 39.3 Å². The second-order valence-electron chi connectivity index (χ2n) is 8.85. The third kappa shape index (κ3) is 14.6. The third-order valence-corrected chi connectivity index (χ3v) is 6.09. The van der Waals surface area contributed by atoms with E-state index in [1.807, 2.05) is 4.90 Å².